The van der Waals surface area contributed by atoms with E-state index >= 15 is 0 Å². The number of carbonyl (C=O) groups is 2. The summed E-state index contributed by atoms with van der Waals surface area (Å²) in [5, 5.41) is 1.13. The maximum Gasteiger partial charge on any atom is 0.224 e. The minimum atomic E-state index is 0.241. The van der Waals surface area contributed by atoms with Crippen molar-refractivity contribution in [3.63, 3.8) is 0 Å². The van der Waals surface area contributed by atoms with Gasteiger partial charge in [0, 0.05) is 62.2 Å². The molecule has 1 aromatic carbocycles. The number of piperidine rings is 3. The van der Waals surface area contributed by atoms with Crippen LogP contribution in [0.1, 0.15) is 32.1 Å². The number of benzene rings is 1. The number of rotatable bonds is 4. The number of carbonyl (C=O) groups excluding carboxylic acids is 2. The van der Waals surface area contributed by atoms with Crippen LogP contribution in [0.5, 0.6) is 5.75 Å². The lowest BCUT2D eigenvalue weighted by molar-refractivity contribution is -0.148. The summed E-state index contributed by atoms with van der Waals surface area (Å²) in [4.78, 5) is 29.5. The standard InChI is InChI=1S/C23H29N3O3/c1-29-19-5-6-20-17(12-19)7-9-24(20)10-8-22(27)25-13-16-11-18(15-25)21-3-2-4-23(28)26(21)14-16/h5-7,9,12,16,18,21H,2-4,8,10-11,13-15H2,1H3/t16-,18+,21?/m1/s1. The van der Waals surface area contributed by atoms with Gasteiger partial charge in [-0.2, -0.15) is 0 Å². The van der Waals surface area contributed by atoms with Gasteiger partial charge in [0.25, 0.3) is 0 Å². The van der Waals surface area contributed by atoms with E-state index in [0.717, 1.165) is 49.1 Å². The molecule has 3 atom stereocenters. The predicted octanol–water partition coefficient (Wildman–Crippen LogP) is 2.90. The van der Waals surface area contributed by atoms with E-state index in [0.29, 0.717) is 43.2 Å². The number of fused-ring (bicyclic) bond motifs is 5. The van der Waals surface area contributed by atoms with E-state index in [1.54, 1.807) is 7.11 Å². The molecule has 0 radical (unpaired) electrons. The Morgan fingerprint density at radius 3 is 2.97 bits per heavy atom. The summed E-state index contributed by atoms with van der Waals surface area (Å²) in [6.07, 6.45) is 6.54. The van der Waals surface area contributed by atoms with Gasteiger partial charge in [-0.25, -0.2) is 0 Å². The monoisotopic (exact) mass is 395 g/mol. The van der Waals surface area contributed by atoms with E-state index in [1.165, 1.54) is 6.42 Å². The fraction of sp³-hybridized carbons (Fsp3) is 0.565. The molecule has 2 aromatic rings. The van der Waals surface area contributed by atoms with Crippen molar-refractivity contribution in [1.82, 2.24) is 14.4 Å². The zero-order valence-electron chi connectivity index (χ0n) is 17.0. The Balaban J connectivity index is 1.24. The van der Waals surface area contributed by atoms with Crippen molar-refractivity contribution in [2.45, 2.75) is 44.7 Å². The molecule has 1 aromatic heterocycles. The van der Waals surface area contributed by atoms with Crippen LogP contribution in [0.15, 0.2) is 30.5 Å². The number of likely N-dealkylation sites (tertiary alicyclic amines) is 1. The third-order valence-corrected chi connectivity index (χ3v) is 7.08. The molecule has 2 bridgehead atoms. The molecule has 4 heterocycles. The fourth-order valence-corrected chi connectivity index (χ4v) is 5.69. The van der Waals surface area contributed by atoms with Gasteiger partial charge in [-0.15, -0.1) is 0 Å². The van der Waals surface area contributed by atoms with Crippen LogP contribution in [-0.4, -0.2) is 59.0 Å². The van der Waals surface area contributed by atoms with Gasteiger partial charge in [0.2, 0.25) is 11.8 Å². The highest BCUT2D eigenvalue weighted by Gasteiger charge is 2.44. The summed E-state index contributed by atoms with van der Waals surface area (Å²) in [5.74, 6) is 2.31. The summed E-state index contributed by atoms with van der Waals surface area (Å²) < 4.78 is 7.45. The molecule has 154 valence electrons. The van der Waals surface area contributed by atoms with Crippen LogP contribution in [0.3, 0.4) is 0 Å². The van der Waals surface area contributed by atoms with Crippen molar-refractivity contribution < 1.29 is 14.3 Å². The third-order valence-electron chi connectivity index (χ3n) is 7.08. The van der Waals surface area contributed by atoms with Crippen molar-refractivity contribution in [1.29, 1.82) is 0 Å². The second-order valence-electron chi connectivity index (χ2n) is 8.85. The molecule has 1 unspecified atom stereocenters. The normalized spacial score (nSPS) is 26.5. The Hall–Kier alpha value is -2.50. The van der Waals surface area contributed by atoms with Crippen LogP contribution >= 0.6 is 0 Å². The summed E-state index contributed by atoms with van der Waals surface area (Å²) in [7, 11) is 1.67. The average Bonchev–Trinajstić information content (AvgIpc) is 3.14. The summed E-state index contributed by atoms with van der Waals surface area (Å²) >= 11 is 0. The molecular formula is C23H29N3O3. The lowest BCUT2D eigenvalue weighted by Gasteiger charge is -2.52. The molecule has 2 amide bonds. The SMILES string of the molecule is COc1ccc2c(ccn2CCC(=O)N2C[C@H]3C[C@@H](C2)C2CCCC(=O)N2C3)c1. The molecule has 3 aliphatic heterocycles. The molecule has 0 spiro atoms. The number of amides is 2. The van der Waals surface area contributed by atoms with Gasteiger partial charge in [-0.05, 0) is 55.4 Å². The van der Waals surface area contributed by atoms with Gasteiger partial charge in [0.1, 0.15) is 5.75 Å². The molecule has 0 N–H and O–H groups in total. The predicted molar refractivity (Wildman–Crippen MR) is 111 cm³/mol. The maximum absolute atomic E-state index is 13.0. The Bertz CT molecular complexity index is 937. The van der Waals surface area contributed by atoms with Gasteiger partial charge in [-0.1, -0.05) is 0 Å². The molecular weight excluding hydrogens is 366 g/mol. The van der Waals surface area contributed by atoms with Gasteiger partial charge >= 0.3 is 0 Å². The summed E-state index contributed by atoms with van der Waals surface area (Å²) in [5.41, 5.74) is 1.13. The largest absolute Gasteiger partial charge is 0.497 e. The Kier molecular flexibility index (Phi) is 4.72. The van der Waals surface area contributed by atoms with Gasteiger partial charge in [0.15, 0.2) is 0 Å². The van der Waals surface area contributed by atoms with Crippen LogP contribution in [0.2, 0.25) is 0 Å². The number of ether oxygens (including phenoxy) is 1. The number of methoxy groups -OCH3 is 1. The maximum atomic E-state index is 13.0. The fourth-order valence-electron chi connectivity index (χ4n) is 5.69. The topological polar surface area (TPSA) is 54.8 Å². The third kappa shape index (κ3) is 3.38. The highest BCUT2D eigenvalue weighted by molar-refractivity contribution is 5.82. The van der Waals surface area contributed by atoms with Crippen LogP contribution in [-0.2, 0) is 16.1 Å². The van der Waals surface area contributed by atoms with Gasteiger partial charge < -0.3 is 19.1 Å². The molecule has 3 fully saturated rings. The number of hydrogen-bond donors (Lipinski definition) is 0. The van der Waals surface area contributed by atoms with E-state index in [1.807, 2.05) is 18.3 Å². The average molecular weight is 396 g/mol. The molecule has 3 aliphatic rings. The quantitative estimate of drug-likeness (QED) is 0.800. The lowest BCUT2D eigenvalue weighted by Crippen LogP contribution is -2.61. The first kappa shape index (κ1) is 18.5. The molecule has 0 saturated carbocycles. The molecule has 6 heteroatoms. The van der Waals surface area contributed by atoms with E-state index < -0.39 is 0 Å². The van der Waals surface area contributed by atoms with E-state index in [9.17, 15) is 9.59 Å². The summed E-state index contributed by atoms with van der Waals surface area (Å²) in [6.45, 7) is 3.14. The van der Waals surface area contributed by atoms with Crippen molar-refractivity contribution in [2.75, 3.05) is 26.7 Å². The molecule has 29 heavy (non-hydrogen) atoms. The lowest BCUT2D eigenvalue weighted by atomic mass is 9.76. The molecule has 3 saturated heterocycles. The molecule has 0 aliphatic carbocycles. The second kappa shape index (κ2) is 7.39. The number of hydrogen-bond acceptors (Lipinski definition) is 3. The smallest absolute Gasteiger partial charge is 0.224 e. The minimum Gasteiger partial charge on any atom is -0.497 e. The highest BCUT2D eigenvalue weighted by Crippen LogP contribution is 2.38. The minimum absolute atomic E-state index is 0.241. The first-order valence-electron chi connectivity index (χ1n) is 10.8. The zero-order valence-corrected chi connectivity index (χ0v) is 17.0. The molecule has 6 nitrogen and oxygen atoms in total. The second-order valence-corrected chi connectivity index (χ2v) is 8.85. The van der Waals surface area contributed by atoms with Crippen LogP contribution in [0.4, 0.5) is 0 Å². The van der Waals surface area contributed by atoms with Crippen LogP contribution in [0, 0.1) is 11.8 Å². The first-order chi connectivity index (χ1) is 14.1. The van der Waals surface area contributed by atoms with Crippen molar-refractivity contribution in [3.05, 3.63) is 30.5 Å². The number of aryl methyl sites for hydroxylation is 1. The number of nitrogens with zero attached hydrogens (tertiary/aromatic N) is 3. The summed E-state index contributed by atoms with van der Waals surface area (Å²) in [6, 6.07) is 8.47. The highest BCUT2D eigenvalue weighted by atomic mass is 16.5. The van der Waals surface area contributed by atoms with Crippen molar-refractivity contribution >= 4 is 22.7 Å². The number of aromatic nitrogens is 1. The van der Waals surface area contributed by atoms with Gasteiger partial charge in [-0.3, -0.25) is 9.59 Å². The van der Waals surface area contributed by atoms with Crippen molar-refractivity contribution in [3.8, 4) is 5.75 Å². The first-order valence-corrected chi connectivity index (χ1v) is 10.8. The van der Waals surface area contributed by atoms with Gasteiger partial charge in [0.05, 0.1) is 7.11 Å². The Morgan fingerprint density at radius 2 is 2.10 bits per heavy atom. The van der Waals surface area contributed by atoms with Crippen LogP contribution in [0.25, 0.3) is 10.9 Å². The Morgan fingerprint density at radius 1 is 1.21 bits per heavy atom. The van der Waals surface area contributed by atoms with Crippen LogP contribution < -0.4 is 4.74 Å². The van der Waals surface area contributed by atoms with Crippen molar-refractivity contribution in [2.24, 2.45) is 11.8 Å². The Labute approximate surface area is 171 Å². The van der Waals surface area contributed by atoms with E-state index in [-0.39, 0.29) is 5.91 Å². The van der Waals surface area contributed by atoms with E-state index in [4.69, 9.17) is 4.74 Å². The van der Waals surface area contributed by atoms with E-state index in [2.05, 4.69) is 26.5 Å². The molecule has 5 rings (SSSR count). The zero-order chi connectivity index (χ0) is 20.0.